The molecular formula is C22H27Cl2NO3. The zero-order chi connectivity index (χ0) is 20.6. The molecule has 6 unspecified atom stereocenters. The number of nitrogens with one attached hydrogen (secondary N) is 1. The van der Waals surface area contributed by atoms with Crippen LogP contribution in [-0.4, -0.2) is 21.8 Å². The van der Waals surface area contributed by atoms with Gasteiger partial charge in [0.15, 0.2) is 5.78 Å². The van der Waals surface area contributed by atoms with E-state index >= 15 is 0 Å². The highest BCUT2D eigenvalue weighted by molar-refractivity contribution is 6.41. The van der Waals surface area contributed by atoms with Gasteiger partial charge in [0.05, 0.1) is 16.6 Å². The minimum Gasteiger partial charge on any atom is -0.481 e. The number of halogens is 2. The van der Waals surface area contributed by atoms with E-state index in [1.165, 1.54) is 0 Å². The Morgan fingerprint density at radius 3 is 2.64 bits per heavy atom. The molecule has 1 heterocycles. The number of rotatable bonds is 6. The summed E-state index contributed by atoms with van der Waals surface area (Å²) < 4.78 is 0. The maximum Gasteiger partial charge on any atom is 0.306 e. The summed E-state index contributed by atoms with van der Waals surface area (Å²) in [6.45, 7) is 5.87. The first kappa shape index (κ1) is 21.2. The van der Waals surface area contributed by atoms with Gasteiger partial charge in [-0.05, 0) is 50.0 Å². The molecule has 2 aliphatic rings. The van der Waals surface area contributed by atoms with Crippen LogP contribution < -0.4 is 0 Å². The van der Waals surface area contributed by atoms with Gasteiger partial charge in [0.25, 0.3) is 0 Å². The quantitative estimate of drug-likeness (QED) is 0.433. The van der Waals surface area contributed by atoms with Crippen molar-refractivity contribution in [1.82, 2.24) is 4.98 Å². The molecule has 3 rings (SSSR count). The maximum atomic E-state index is 13.5. The average Bonchev–Trinajstić information content (AvgIpc) is 3.17. The van der Waals surface area contributed by atoms with Gasteiger partial charge in [-0.1, -0.05) is 60.9 Å². The van der Waals surface area contributed by atoms with Crippen LogP contribution in [0.15, 0.2) is 29.9 Å². The van der Waals surface area contributed by atoms with Gasteiger partial charge >= 0.3 is 5.97 Å². The molecule has 28 heavy (non-hydrogen) atoms. The largest absolute Gasteiger partial charge is 0.481 e. The number of ketones is 1. The topological polar surface area (TPSA) is 70.2 Å². The first-order chi connectivity index (χ1) is 13.2. The number of hydrogen-bond acceptors (Lipinski definition) is 2. The smallest absolute Gasteiger partial charge is 0.306 e. The normalized spacial score (nSPS) is 30.9. The minimum atomic E-state index is -0.806. The van der Waals surface area contributed by atoms with E-state index in [9.17, 15) is 14.7 Å². The highest BCUT2D eigenvalue weighted by atomic mass is 35.5. The lowest BCUT2D eigenvalue weighted by molar-refractivity contribution is -0.141. The van der Waals surface area contributed by atoms with Crippen LogP contribution >= 0.6 is 23.2 Å². The van der Waals surface area contributed by atoms with E-state index in [1.54, 1.807) is 13.0 Å². The summed E-state index contributed by atoms with van der Waals surface area (Å²) in [6, 6.07) is 1.61. The first-order valence-corrected chi connectivity index (χ1v) is 10.6. The van der Waals surface area contributed by atoms with Crippen molar-refractivity contribution in [2.24, 2.45) is 35.5 Å². The Morgan fingerprint density at radius 2 is 2.04 bits per heavy atom. The van der Waals surface area contributed by atoms with Crippen molar-refractivity contribution in [2.45, 2.75) is 40.0 Å². The van der Waals surface area contributed by atoms with Crippen molar-refractivity contribution in [3.05, 3.63) is 45.7 Å². The van der Waals surface area contributed by atoms with Gasteiger partial charge in [-0.2, -0.15) is 0 Å². The van der Waals surface area contributed by atoms with E-state index in [-0.39, 0.29) is 28.7 Å². The fourth-order valence-electron chi connectivity index (χ4n) is 4.95. The van der Waals surface area contributed by atoms with Crippen LogP contribution in [0.25, 0.3) is 0 Å². The Labute approximate surface area is 176 Å². The van der Waals surface area contributed by atoms with Crippen molar-refractivity contribution >= 4 is 35.0 Å². The van der Waals surface area contributed by atoms with Crippen molar-refractivity contribution < 1.29 is 14.7 Å². The summed E-state index contributed by atoms with van der Waals surface area (Å²) in [5, 5.41) is 9.82. The number of aromatic nitrogens is 1. The maximum absolute atomic E-state index is 13.5. The lowest BCUT2D eigenvalue weighted by Gasteiger charge is -2.36. The van der Waals surface area contributed by atoms with Gasteiger partial charge in [-0.3, -0.25) is 9.59 Å². The van der Waals surface area contributed by atoms with E-state index in [4.69, 9.17) is 23.2 Å². The molecule has 2 aliphatic carbocycles. The second-order valence-electron chi connectivity index (χ2n) is 8.45. The van der Waals surface area contributed by atoms with Gasteiger partial charge in [0, 0.05) is 11.8 Å². The fourth-order valence-corrected chi connectivity index (χ4v) is 5.26. The monoisotopic (exact) mass is 423 g/mol. The molecule has 6 heteroatoms. The fraction of sp³-hybridized carbons (Fsp3) is 0.545. The molecule has 0 spiro atoms. The molecule has 1 fully saturated rings. The molecule has 0 saturated heterocycles. The van der Waals surface area contributed by atoms with Gasteiger partial charge < -0.3 is 10.1 Å². The molecule has 0 amide bonds. The number of carboxylic acid groups (broad SMARTS) is 1. The molecule has 0 bridgehead atoms. The second kappa shape index (κ2) is 8.46. The molecule has 4 nitrogen and oxygen atoms in total. The third-order valence-corrected chi connectivity index (χ3v) is 7.03. The standard InChI is InChI=1S/C22H27Cl2NO3/c1-11(8-13(3)22(27)28)9-15-7-6-14-5-4-12(2)18(14)19(15)20(26)17-10-16(23)21(24)25-17/h6-7,9-10,12-15,18-19,25H,4-5,8H2,1-3H3,(H,27,28)/b11-9+. The summed E-state index contributed by atoms with van der Waals surface area (Å²) in [4.78, 5) is 27.6. The van der Waals surface area contributed by atoms with Crippen LogP contribution in [0, 0.1) is 35.5 Å². The number of Topliss-reactive ketones (excluding diaryl/α,β-unsaturated/α-hetero) is 1. The van der Waals surface area contributed by atoms with Gasteiger partial charge in [-0.25, -0.2) is 0 Å². The zero-order valence-corrected chi connectivity index (χ0v) is 17.9. The number of carbonyl (C=O) groups is 2. The SMILES string of the molecule is C/C(=C\C1C=CC2CCC(C)C2C1C(=O)c1cc(Cl)c(Cl)[nH]1)CC(C)C(=O)O. The predicted octanol–water partition coefficient (Wildman–Crippen LogP) is 6.03. The van der Waals surface area contributed by atoms with E-state index in [0.717, 1.165) is 18.4 Å². The average molecular weight is 424 g/mol. The second-order valence-corrected chi connectivity index (χ2v) is 9.23. The molecule has 6 atom stereocenters. The van der Waals surface area contributed by atoms with Crippen LogP contribution in [0.3, 0.4) is 0 Å². The summed E-state index contributed by atoms with van der Waals surface area (Å²) in [5.74, 6) is -0.348. The number of carbonyl (C=O) groups excluding carboxylic acids is 1. The molecule has 1 aromatic heterocycles. The van der Waals surface area contributed by atoms with Crippen LogP contribution in [0.4, 0.5) is 0 Å². The molecule has 1 saturated carbocycles. The van der Waals surface area contributed by atoms with Crippen molar-refractivity contribution in [2.75, 3.05) is 0 Å². The van der Waals surface area contributed by atoms with Gasteiger partial charge in [0.1, 0.15) is 5.15 Å². The van der Waals surface area contributed by atoms with Crippen LogP contribution in [0.2, 0.25) is 10.2 Å². The highest BCUT2D eigenvalue weighted by Gasteiger charge is 2.46. The third-order valence-electron chi connectivity index (χ3n) is 6.34. The molecule has 152 valence electrons. The number of aliphatic carboxylic acids is 1. The first-order valence-electron chi connectivity index (χ1n) is 9.85. The molecule has 0 aromatic carbocycles. The lowest BCUT2D eigenvalue weighted by Crippen LogP contribution is -2.37. The number of fused-ring (bicyclic) bond motifs is 1. The number of allylic oxidation sites excluding steroid dienone is 4. The Hall–Kier alpha value is -1.52. The number of H-pyrrole nitrogens is 1. The summed E-state index contributed by atoms with van der Waals surface area (Å²) in [6.07, 6.45) is 9.14. The van der Waals surface area contributed by atoms with E-state index < -0.39 is 11.9 Å². The van der Waals surface area contributed by atoms with Crippen LogP contribution in [0.5, 0.6) is 0 Å². The summed E-state index contributed by atoms with van der Waals surface area (Å²) in [5.41, 5.74) is 1.44. The molecule has 0 aliphatic heterocycles. The molecule has 1 aromatic rings. The number of aromatic amines is 1. The van der Waals surface area contributed by atoms with Gasteiger partial charge in [-0.15, -0.1) is 0 Å². The number of hydrogen-bond donors (Lipinski definition) is 2. The molecular weight excluding hydrogens is 397 g/mol. The van der Waals surface area contributed by atoms with Crippen molar-refractivity contribution in [3.63, 3.8) is 0 Å². The summed E-state index contributed by atoms with van der Waals surface area (Å²) in [7, 11) is 0. The Kier molecular flexibility index (Phi) is 6.41. The molecule has 2 N–H and O–H groups in total. The van der Waals surface area contributed by atoms with Crippen LogP contribution in [0.1, 0.15) is 50.5 Å². The van der Waals surface area contributed by atoms with E-state index in [0.29, 0.717) is 29.0 Å². The van der Waals surface area contributed by atoms with E-state index in [1.807, 2.05) is 6.92 Å². The van der Waals surface area contributed by atoms with Crippen LogP contribution in [-0.2, 0) is 4.79 Å². The Morgan fingerprint density at radius 1 is 1.32 bits per heavy atom. The number of carboxylic acids is 1. The summed E-state index contributed by atoms with van der Waals surface area (Å²) >= 11 is 12.1. The zero-order valence-electron chi connectivity index (χ0n) is 16.4. The Balaban J connectivity index is 1.93. The van der Waals surface area contributed by atoms with Gasteiger partial charge in [0.2, 0.25) is 0 Å². The van der Waals surface area contributed by atoms with Crippen molar-refractivity contribution in [3.8, 4) is 0 Å². The van der Waals surface area contributed by atoms with Crippen molar-refractivity contribution in [1.29, 1.82) is 0 Å². The highest BCUT2D eigenvalue weighted by Crippen LogP contribution is 2.49. The molecule has 0 radical (unpaired) electrons. The van der Waals surface area contributed by atoms with E-state index in [2.05, 4.69) is 30.1 Å². The third kappa shape index (κ3) is 4.23. The lowest BCUT2D eigenvalue weighted by atomic mass is 9.66. The minimum absolute atomic E-state index is 0.0298. The Bertz CT molecular complexity index is 806. The predicted molar refractivity (Wildman–Crippen MR) is 112 cm³/mol.